The van der Waals surface area contributed by atoms with Crippen LogP contribution in [0.4, 0.5) is 5.69 Å². The Bertz CT molecular complexity index is 1120. The second-order valence-corrected chi connectivity index (χ2v) is 8.37. The van der Waals surface area contributed by atoms with Crippen LogP contribution >= 0.6 is 0 Å². The Hall–Kier alpha value is -3.59. The maximum absolute atomic E-state index is 13.7. The molecule has 180 valence electrons. The molecule has 2 fully saturated rings. The van der Waals surface area contributed by atoms with E-state index in [0.717, 1.165) is 4.90 Å². The highest BCUT2D eigenvalue weighted by Crippen LogP contribution is 2.50. The number of hydrogen-bond acceptors (Lipinski definition) is 8. The third-order valence-corrected chi connectivity index (χ3v) is 6.58. The quantitative estimate of drug-likeness (QED) is 0.488. The number of carbonyl (C=O) groups is 3. The number of nitrogens with one attached hydrogen (secondary N) is 1. The van der Waals surface area contributed by atoms with E-state index in [2.05, 4.69) is 5.32 Å². The summed E-state index contributed by atoms with van der Waals surface area (Å²) in [5.74, 6) is -1.57. The summed E-state index contributed by atoms with van der Waals surface area (Å²) in [5, 5.41) is 3.25. The largest absolute Gasteiger partial charge is 0.497 e. The molecule has 4 rings (SSSR count). The van der Waals surface area contributed by atoms with Crippen LogP contribution in [0.1, 0.15) is 25.5 Å². The molecule has 4 unspecified atom stereocenters. The zero-order valence-corrected chi connectivity index (χ0v) is 19.8. The first-order valence-electron chi connectivity index (χ1n) is 11.0. The Labute approximate surface area is 197 Å². The fraction of sp³-hybridized carbons (Fsp3) is 0.400. The van der Waals surface area contributed by atoms with Gasteiger partial charge in [0.25, 0.3) is 0 Å². The van der Waals surface area contributed by atoms with E-state index < -0.39 is 35.3 Å². The van der Waals surface area contributed by atoms with Crippen LogP contribution in [0.3, 0.4) is 0 Å². The summed E-state index contributed by atoms with van der Waals surface area (Å²) >= 11 is 0. The average Bonchev–Trinajstić information content (AvgIpc) is 3.32. The molecule has 2 heterocycles. The number of imide groups is 1. The lowest BCUT2D eigenvalue weighted by atomic mass is 9.80. The van der Waals surface area contributed by atoms with E-state index in [4.69, 9.17) is 18.9 Å². The second kappa shape index (κ2) is 8.98. The van der Waals surface area contributed by atoms with Crippen molar-refractivity contribution in [2.75, 3.05) is 32.8 Å². The molecule has 2 aromatic carbocycles. The number of rotatable bonds is 7. The normalized spacial score (nSPS) is 25.8. The average molecular weight is 469 g/mol. The van der Waals surface area contributed by atoms with Crippen LogP contribution in [0, 0.1) is 11.8 Å². The van der Waals surface area contributed by atoms with Gasteiger partial charge in [-0.25, -0.2) is 4.90 Å². The van der Waals surface area contributed by atoms with Crippen LogP contribution in [0.15, 0.2) is 42.5 Å². The third-order valence-electron chi connectivity index (χ3n) is 6.58. The van der Waals surface area contributed by atoms with Crippen molar-refractivity contribution in [3.63, 3.8) is 0 Å². The molecular formula is C25H28N2O7. The van der Waals surface area contributed by atoms with Gasteiger partial charge >= 0.3 is 5.97 Å². The van der Waals surface area contributed by atoms with Crippen LogP contribution in [-0.2, 0) is 19.1 Å². The van der Waals surface area contributed by atoms with Crippen molar-refractivity contribution in [1.82, 2.24) is 5.32 Å². The van der Waals surface area contributed by atoms with Crippen LogP contribution < -0.4 is 24.4 Å². The number of amides is 2. The summed E-state index contributed by atoms with van der Waals surface area (Å²) in [7, 11) is 4.59. The zero-order valence-electron chi connectivity index (χ0n) is 19.8. The molecule has 2 aromatic rings. The predicted octanol–water partition coefficient (Wildman–Crippen LogP) is 2.48. The van der Waals surface area contributed by atoms with Crippen molar-refractivity contribution >= 4 is 23.5 Å². The minimum absolute atomic E-state index is 0.152. The molecule has 2 aliphatic heterocycles. The minimum atomic E-state index is -1.40. The molecule has 4 atom stereocenters. The van der Waals surface area contributed by atoms with Crippen molar-refractivity contribution in [1.29, 1.82) is 0 Å². The number of hydrogen-bond donors (Lipinski definition) is 1. The molecule has 2 amide bonds. The van der Waals surface area contributed by atoms with Crippen LogP contribution in [-0.4, -0.2) is 51.3 Å². The van der Waals surface area contributed by atoms with Crippen molar-refractivity contribution < 1.29 is 33.3 Å². The molecule has 1 N–H and O–H groups in total. The van der Waals surface area contributed by atoms with Crippen LogP contribution in [0.2, 0.25) is 0 Å². The Morgan fingerprint density at radius 1 is 0.971 bits per heavy atom. The van der Waals surface area contributed by atoms with Crippen LogP contribution in [0.25, 0.3) is 0 Å². The first kappa shape index (κ1) is 23.6. The molecule has 0 saturated carbocycles. The summed E-state index contributed by atoms with van der Waals surface area (Å²) in [6.45, 7) is 3.47. The summed E-state index contributed by atoms with van der Waals surface area (Å²) in [5.41, 5.74) is -0.284. The molecule has 34 heavy (non-hydrogen) atoms. The fourth-order valence-electron chi connectivity index (χ4n) is 4.93. The Balaban J connectivity index is 1.80. The van der Waals surface area contributed by atoms with E-state index in [1.165, 1.54) is 21.3 Å². The lowest BCUT2D eigenvalue weighted by molar-refractivity contribution is -0.153. The smallest absolute Gasteiger partial charge is 0.326 e. The molecule has 2 saturated heterocycles. The highest BCUT2D eigenvalue weighted by molar-refractivity contribution is 6.24. The first-order valence-corrected chi connectivity index (χ1v) is 11.0. The SMILES string of the molecule is CCOC(=O)C1(C)NC(c2ccc(OC)c(OC)c2)C2C(=O)N(c3ccc(OC)cc3)C(=O)C21. The van der Waals surface area contributed by atoms with Gasteiger partial charge < -0.3 is 18.9 Å². The van der Waals surface area contributed by atoms with Crippen LogP contribution in [0.5, 0.6) is 17.2 Å². The summed E-state index contributed by atoms with van der Waals surface area (Å²) < 4.78 is 21.3. The number of methoxy groups -OCH3 is 3. The molecule has 0 radical (unpaired) electrons. The molecule has 0 bridgehead atoms. The van der Waals surface area contributed by atoms with E-state index in [9.17, 15) is 14.4 Å². The number of carbonyl (C=O) groups excluding carboxylic acids is 3. The number of anilines is 1. The standard InChI is InChI=1S/C25H28N2O7/c1-6-34-24(30)25(2)20-19(21(26-25)14-7-12-17(32-4)18(13-14)33-5)22(28)27(23(20)29)15-8-10-16(31-3)11-9-15/h7-13,19-21,26H,6H2,1-5H3. The molecule has 9 nitrogen and oxygen atoms in total. The second-order valence-electron chi connectivity index (χ2n) is 8.37. The van der Waals surface area contributed by atoms with Gasteiger partial charge in [-0.05, 0) is 55.8 Å². The predicted molar refractivity (Wildman–Crippen MR) is 123 cm³/mol. The molecule has 0 aliphatic carbocycles. The molecule has 0 aromatic heterocycles. The number of fused-ring (bicyclic) bond motifs is 1. The molecular weight excluding hydrogens is 440 g/mol. The van der Waals surface area contributed by atoms with Gasteiger partial charge in [0.2, 0.25) is 11.8 Å². The Kier molecular flexibility index (Phi) is 6.22. The van der Waals surface area contributed by atoms with Gasteiger partial charge in [-0.1, -0.05) is 6.07 Å². The van der Waals surface area contributed by atoms with E-state index in [1.54, 1.807) is 56.3 Å². The lowest BCUT2D eigenvalue weighted by Crippen LogP contribution is -2.54. The van der Waals surface area contributed by atoms with Gasteiger partial charge in [-0.15, -0.1) is 0 Å². The Morgan fingerprint density at radius 2 is 1.65 bits per heavy atom. The van der Waals surface area contributed by atoms with Gasteiger partial charge in [0, 0.05) is 6.04 Å². The van der Waals surface area contributed by atoms with Crippen molar-refractivity contribution in [2.45, 2.75) is 25.4 Å². The van der Waals surface area contributed by atoms with Gasteiger partial charge in [0.1, 0.15) is 11.3 Å². The van der Waals surface area contributed by atoms with Gasteiger partial charge in [-0.3, -0.25) is 19.7 Å². The fourth-order valence-corrected chi connectivity index (χ4v) is 4.93. The van der Waals surface area contributed by atoms with Gasteiger partial charge in [-0.2, -0.15) is 0 Å². The summed E-state index contributed by atoms with van der Waals surface area (Å²) in [4.78, 5) is 41.6. The monoisotopic (exact) mass is 468 g/mol. The third kappa shape index (κ3) is 3.56. The van der Waals surface area contributed by atoms with E-state index >= 15 is 0 Å². The number of esters is 1. The van der Waals surface area contributed by atoms with E-state index in [1.807, 2.05) is 0 Å². The topological polar surface area (TPSA) is 103 Å². The summed E-state index contributed by atoms with van der Waals surface area (Å²) in [6.07, 6.45) is 0. The number of nitrogens with zero attached hydrogens (tertiary/aromatic N) is 1. The molecule has 2 aliphatic rings. The highest BCUT2D eigenvalue weighted by atomic mass is 16.5. The first-order chi connectivity index (χ1) is 16.3. The highest BCUT2D eigenvalue weighted by Gasteiger charge is 2.67. The summed E-state index contributed by atoms with van der Waals surface area (Å²) in [6, 6.07) is 11.3. The van der Waals surface area contributed by atoms with Crippen molar-refractivity contribution in [3.8, 4) is 17.2 Å². The maximum Gasteiger partial charge on any atom is 0.326 e. The van der Waals surface area contributed by atoms with Crippen molar-refractivity contribution in [2.24, 2.45) is 11.8 Å². The molecule has 0 spiro atoms. The van der Waals surface area contributed by atoms with Gasteiger partial charge in [0.15, 0.2) is 11.5 Å². The van der Waals surface area contributed by atoms with E-state index in [0.29, 0.717) is 28.5 Å². The lowest BCUT2D eigenvalue weighted by Gasteiger charge is -2.29. The number of benzene rings is 2. The Morgan fingerprint density at radius 3 is 2.24 bits per heavy atom. The van der Waals surface area contributed by atoms with Crippen molar-refractivity contribution in [3.05, 3.63) is 48.0 Å². The minimum Gasteiger partial charge on any atom is -0.497 e. The zero-order chi connectivity index (χ0) is 24.6. The maximum atomic E-state index is 13.7. The van der Waals surface area contributed by atoms with Gasteiger partial charge in [0.05, 0.1) is 45.5 Å². The van der Waals surface area contributed by atoms with E-state index in [-0.39, 0.29) is 12.5 Å². The molecule has 9 heteroatoms. The number of ether oxygens (including phenoxy) is 4.